The Kier molecular flexibility index (Phi) is 11.5. The summed E-state index contributed by atoms with van der Waals surface area (Å²) in [5.41, 5.74) is 6.07. The van der Waals surface area contributed by atoms with Gasteiger partial charge in [-0.3, -0.25) is 14.5 Å². The van der Waals surface area contributed by atoms with E-state index in [9.17, 15) is 9.59 Å². The second-order valence-electron chi connectivity index (χ2n) is 12.5. The van der Waals surface area contributed by atoms with Crippen LogP contribution >= 0.6 is 0 Å². The molecule has 240 valence electrons. The van der Waals surface area contributed by atoms with Crippen molar-refractivity contribution >= 4 is 23.2 Å². The molecule has 1 N–H and O–H groups in total. The first-order valence-corrected chi connectivity index (χ1v) is 16.6. The molecule has 8 heteroatoms. The van der Waals surface area contributed by atoms with Crippen molar-refractivity contribution in [2.24, 2.45) is 0 Å². The molecular formula is C37H50N6O2. The molecule has 2 heterocycles. The molecule has 0 spiro atoms. The number of nitrogens with one attached hydrogen (secondary N) is 1. The molecule has 2 aliphatic rings. The lowest BCUT2D eigenvalue weighted by Crippen LogP contribution is -2.54. The largest absolute Gasteiger partial charge is 0.375 e. The lowest BCUT2D eigenvalue weighted by molar-refractivity contribution is -0.135. The van der Waals surface area contributed by atoms with Gasteiger partial charge in [-0.15, -0.1) is 0 Å². The van der Waals surface area contributed by atoms with Crippen LogP contribution in [-0.4, -0.2) is 98.5 Å². The number of nitrogens with zero attached hydrogens (tertiary/aromatic N) is 5. The first kappa shape index (κ1) is 32.5. The fourth-order valence-electron chi connectivity index (χ4n) is 6.37. The Hall–Kier alpha value is -3.88. The summed E-state index contributed by atoms with van der Waals surface area (Å²) >= 11 is 0. The summed E-state index contributed by atoms with van der Waals surface area (Å²) < 4.78 is 0. The van der Waals surface area contributed by atoms with E-state index in [2.05, 4.69) is 94.7 Å². The molecular weight excluding hydrogens is 560 g/mol. The number of carbonyl (C=O) groups excluding carboxylic acids is 2. The fourth-order valence-corrected chi connectivity index (χ4v) is 6.37. The van der Waals surface area contributed by atoms with Crippen LogP contribution in [0.5, 0.6) is 0 Å². The Labute approximate surface area is 269 Å². The molecule has 2 saturated heterocycles. The second kappa shape index (κ2) is 15.9. The third-order valence-electron chi connectivity index (χ3n) is 9.19. The van der Waals surface area contributed by atoms with E-state index in [4.69, 9.17) is 0 Å². The highest BCUT2D eigenvalue weighted by atomic mass is 16.2. The summed E-state index contributed by atoms with van der Waals surface area (Å²) in [5.74, 6) is 0.330. The Bertz CT molecular complexity index is 1350. The quantitative estimate of drug-likeness (QED) is 0.331. The molecule has 0 unspecified atom stereocenters. The van der Waals surface area contributed by atoms with Gasteiger partial charge in [0.05, 0.1) is 6.04 Å². The van der Waals surface area contributed by atoms with Crippen LogP contribution < -0.4 is 15.1 Å². The van der Waals surface area contributed by atoms with Gasteiger partial charge in [-0.25, -0.2) is 0 Å². The van der Waals surface area contributed by atoms with Gasteiger partial charge >= 0.3 is 0 Å². The molecule has 1 atom stereocenters. The fraction of sp³-hybridized carbons (Fsp3) is 0.459. The monoisotopic (exact) mass is 610 g/mol. The van der Waals surface area contributed by atoms with Crippen LogP contribution in [-0.2, 0) is 29.1 Å². The molecule has 2 amide bonds. The van der Waals surface area contributed by atoms with Crippen molar-refractivity contribution in [2.45, 2.75) is 45.8 Å². The van der Waals surface area contributed by atoms with Gasteiger partial charge in [-0.2, -0.15) is 0 Å². The highest BCUT2D eigenvalue weighted by Crippen LogP contribution is 2.19. The summed E-state index contributed by atoms with van der Waals surface area (Å²) in [4.78, 5) is 36.6. The second-order valence-corrected chi connectivity index (χ2v) is 12.5. The number of piperazine rings is 2. The van der Waals surface area contributed by atoms with Gasteiger partial charge in [0.2, 0.25) is 11.8 Å². The van der Waals surface area contributed by atoms with Gasteiger partial charge in [0, 0.05) is 97.3 Å². The Morgan fingerprint density at radius 3 is 2.00 bits per heavy atom. The van der Waals surface area contributed by atoms with Crippen LogP contribution in [0.15, 0.2) is 78.9 Å². The molecule has 3 aromatic rings. The first-order valence-electron chi connectivity index (χ1n) is 16.6. The molecule has 0 saturated carbocycles. The molecule has 2 aliphatic heterocycles. The van der Waals surface area contributed by atoms with Crippen LogP contribution in [0.25, 0.3) is 0 Å². The van der Waals surface area contributed by atoms with E-state index in [-0.39, 0.29) is 17.9 Å². The molecule has 2 fully saturated rings. The number of rotatable bonds is 12. The van der Waals surface area contributed by atoms with Gasteiger partial charge in [-0.1, -0.05) is 61.5 Å². The van der Waals surface area contributed by atoms with Crippen molar-refractivity contribution in [1.29, 1.82) is 0 Å². The summed E-state index contributed by atoms with van der Waals surface area (Å²) in [6, 6.07) is 27.5. The SMILES string of the molecule is CCCN(C)c1ccc(CN2CCN(C(=O)[C@H](Cc3ccccc3)NCc3ccc(N4CCN(C(C)=O)CC4)cc3)CC2)cc1. The first-order chi connectivity index (χ1) is 21.9. The molecule has 0 aliphatic carbocycles. The van der Waals surface area contributed by atoms with Gasteiger partial charge in [0.1, 0.15) is 0 Å². The highest BCUT2D eigenvalue weighted by Gasteiger charge is 2.28. The van der Waals surface area contributed by atoms with Gasteiger partial charge < -0.3 is 24.9 Å². The summed E-state index contributed by atoms with van der Waals surface area (Å²) in [7, 11) is 2.15. The summed E-state index contributed by atoms with van der Waals surface area (Å²) in [6.07, 6.45) is 1.80. The van der Waals surface area contributed by atoms with Gasteiger partial charge in [0.15, 0.2) is 0 Å². The van der Waals surface area contributed by atoms with Crippen molar-refractivity contribution in [1.82, 2.24) is 20.0 Å². The number of hydrogen-bond acceptors (Lipinski definition) is 6. The van der Waals surface area contributed by atoms with Crippen LogP contribution in [0.3, 0.4) is 0 Å². The highest BCUT2D eigenvalue weighted by molar-refractivity contribution is 5.82. The van der Waals surface area contributed by atoms with E-state index < -0.39 is 0 Å². The zero-order chi connectivity index (χ0) is 31.6. The molecule has 45 heavy (non-hydrogen) atoms. The normalized spacial score (nSPS) is 16.5. The molecule has 0 bridgehead atoms. The minimum Gasteiger partial charge on any atom is -0.375 e. The van der Waals surface area contributed by atoms with Gasteiger partial charge in [-0.05, 0) is 53.8 Å². The van der Waals surface area contributed by atoms with E-state index >= 15 is 0 Å². The Morgan fingerprint density at radius 1 is 0.756 bits per heavy atom. The van der Waals surface area contributed by atoms with Gasteiger partial charge in [0.25, 0.3) is 0 Å². The van der Waals surface area contributed by atoms with Crippen LogP contribution in [0.2, 0.25) is 0 Å². The molecule has 8 nitrogen and oxygen atoms in total. The number of amides is 2. The van der Waals surface area contributed by atoms with Crippen molar-refractivity contribution in [3.05, 3.63) is 95.6 Å². The standard InChI is InChI=1S/C37H50N6O2/c1-4-18-39(3)34-14-12-33(13-15-34)29-40-19-21-43(22-20-40)37(45)36(27-31-8-6-5-7-9-31)38-28-32-10-16-35(17-11-32)42-25-23-41(24-26-42)30(2)44/h5-17,36,38H,4,18-29H2,1-3H3/t36-/m0/s1. The van der Waals surface area contributed by atoms with Crippen molar-refractivity contribution < 1.29 is 9.59 Å². The minimum atomic E-state index is -0.286. The van der Waals surface area contributed by atoms with E-state index in [0.29, 0.717) is 13.0 Å². The molecule has 0 aromatic heterocycles. The molecule has 0 radical (unpaired) electrons. The molecule has 5 rings (SSSR count). The lowest BCUT2D eigenvalue weighted by Gasteiger charge is -2.37. The third kappa shape index (κ3) is 9.08. The zero-order valence-corrected chi connectivity index (χ0v) is 27.3. The van der Waals surface area contributed by atoms with Crippen molar-refractivity contribution in [3.63, 3.8) is 0 Å². The smallest absolute Gasteiger partial charge is 0.240 e. The maximum absolute atomic E-state index is 13.9. The van der Waals surface area contributed by atoms with Crippen LogP contribution in [0.1, 0.15) is 37.0 Å². The van der Waals surface area contributed by atoms with E-state index in [1.54, 1.807) is 6.92 Å². The minimum absolute atomic E-state index is 0.147. The number of anilines is 2. The average Bonchev–Trinajstić information content (AvgIpc) is 3.08. The van der Waals surface area contributed by atoms with Crippen LogP contribution in [0, 0.1) is 0 Å². The maximum Gasteiger partial charge on any atom is 0.240 e. The predicted octanol–water partition coefficient (Wildman–Crippen LogP) is 4.25. The Morgan fingerprint density at radius 2 is 1.38 bits per heavy atom. The van der Waals surface area contributed by atoms with E-state index in [1.807, 2.05) is 28.0 Å². The summed E-state index contributed by atoms with van der Waals surface area (Å²) in [5, 5.41) is 3.61. The molecule has 3 aromatic carbocycles. The zero-order valence-electron chi connectivity index (χ0n) is 27.3. The van der Waals surface area contributed by atoms with Crippen LogP contribution in [0.4, 0.5) is 11.4 Å². The third-order valence-corrected chi connectivity index (χ3v) is 9.19. The lowest BCUT2D eigenvalue weighted by atomic mass is 10.0. The number of carbonyl (C=O) groups is 2. The topological polar surface area (TPSA) is 62.4 Å². The van der Waals surface area contributed by atoms with Crippen molar-refractivity contribution in [2.75, 3.05) is 75.8 Å². The number of benzene rings is 3. The van der Waals surface area contributed by atoms with E-state index in [1.165, 1.54) is 16.9 Å². The maximum atomic E-state index is 13.9. The number of hydrogen-bond donors (Lipinski definition) is 1. The summed E-state index contributed by atoms with van der Waals surface area (Å²) in [6.45, 7) is 12.9. The predicted molar refractivity (Wildman–Crippen MR) is 184 cm³/mol. The van der Waals surface area contributed by atoms with Crippen molar-refractivity contribution in [3.8, 4) is 0 Å². The Balaban J connectivity index is 1.15. The van der Waals surface area contributed by atoms with E-state index in [0.717, 1.165) is 83.0 Å². The average molecular weight is 611 g/mol.